The number of likely N-dealkylation sites (N-methyl/N-ethyl adjacent to an activating group) is 1. The fraction of sp³-hybridized carbons (Fsp3) is 0.171. The summed E-state index contributed by atoms with van der Waals surface area (Å²) in [5, 5.41) is 10.1. The lowest BCUT2D eigenvalue weighted by molar-refractivity contribution is 0.102. The lowest BCUT2D eigenvalue weighted by Crippen LogP contribution is -2.44. The molecule has 0 radical (unpaired) electrons. The van der Waals surface area contributed by atoms with Crippen LogP contribution in [0.2, 0.25) is 0 Å². The minimum absolute atomic E-state index is 0.106. The van der Waals surface area contributed by atoms with Crippen LogP contribution < -0.4 is 20.5 Å². The van der Waals surface area contributed by atoms with Crippen LogP contribution in [-0.2, 0) is 6.42 Å². The number of carbonyl (C=O) groups excluding carboxylic acids is 1. The van der Waals surface area contributed by atoms with Gasteiger partial charge in [0.2, 0.25) is 0 Å². The van der Waals surface area contributed by atoms with E-state index in [0.29, 0.717) is 16.9 Å². The summed E-state index contributed by atoms with van der Waals surface area (Å²) in [6.45, 7) is 3.75. The fourth-order valence-electron chi connectivity index (χ4n) is 5.20. The maximum atomic E-state index is 15.3. The number of piperazine rings is 1. The Bertz CT molecular complexity index is 1970. The summed E-state index contributed by atoms with van der Waals surface area (Å²) >= 11 is 0. The molecule has 1 aliphatic heterocycles. The van der Waals surface area contributed by atoms with Crippen LogP contribution in [0.3, 0.4) is 0 Å². The van der Waals surface area contributed by atoms with Gasteiger partial charge < -0.3 is 25.3 Å². The number of aromatic nitrogens is 3. The molecule has 12 heteroatoms. The van der Waals surface area contributed by atoms with Crippen LogP contribution in [0.5, 0.6) is 11.5 Å². The molecule has 47 heavy (non-hydrogen) atoms. The van der Waals surface area contributed by atoms with Crippen molar-refractivity contribution >= 4 is 23.6 Å². The lowest BCUT2D eigenvalue weighted by atomic mass is 10.1. The van der Waals surface area contributed by atoms with Crippen molar-refractivity contribution in [3.8, 4) is 28.3 Å². The number of ether oxygens (including phenoxy) is 1. The van der Waals surface area contributed by atoms with E-state index in [-0.39, 0.29) is 29.2 Å². The van der Waals surface area contributed by atoms with Crippen LogP contribution >= 0.6 is 0 Å². The molecule has 1 saturated heterocycles. The highest BCUT2D eigenvalue weighted by molar-refractivity contribution is 6.04. The molecule has 2 aromatic carbocycles. The molecule has 3 aromatic heterocycles. The van der Waals surface area contributed by atoms with Gasteiger partial charge in [-0.1, -0.05) is 0 Å². The first-order chi connectivity index (χ1) is 22.8. The molecule has 0 saturated carbocycles. The summed E-state index contributed by atoms with van der Waals surface area (Å²) in [7, 11) is 2.10. The van der Waals surface area contributed by atoms with Gasteiger partial charge >= 0.3 is 0 Å². The maximum Gasteiger partial charge on any atom is 0.267 e. The van der Waals surface area contributed by atoms with Gasteiger partial charge in [0.25, 0.3) is 11.5 Å². The van der Waals surface area contributed by atoms with Crippen molar-refractivity contribution < 1.29 is 18.3 Å². The Labute approximate surface area is 269 Å². The molecule has 1 amide bonds. The Hall–Kier alpha value is -5.75. The quantitative estimate of drug-likeness (QED) is 0.204. The standard InChI is InChI=1S/C35H31F2N7O3/c1-42-15-17-43(18-16-42)33-11-4-23(21-40-33)24-19-32(30(12-13-38)39-22-24)47-31-10-7-26(20-29(31)37)41-34(45)28-3-2-14-44(35(28)46)27-8-5-25(36)6-9-27/h2-11,13-14,19-22,38H,12,15-18H2,1H3,(H,41,45). The predicted octanol–water partition coefficient (Wildman–Crippen LogP) is 5.56. The second-order valence-electron chi connectivity index (χ2n) is 11.0. The van der Waals surface area contributed by atoms with E-state index in [9.17, 15) is 14.0 Å². The van der Waals surface area contributed by atoms with Crippen molar-refractivity contribution in [2.75, 3.05) is 43.4 Å². The molecular formula is C35H31F2N7O3. The van der Waals surface area contributed by atoms with Crippen LogP contribution in [0.15, 0.2) is 96.2 Å². The van der Waals surface area contributed by atoms with E-state index in [1.807, 2.05) is 12.1 Å². The highest BCUT2D eigenvalue weighted by Gasteiger charge is 2.18. The topological polar surface area (TPSA) is 116 Å². The average molecular weight is 636 g/mol. The first-order valence-corrected chi connectivity index (χ1v) is 14.9. The van der Waals surface area contributed by atoms with E-state index >= 15 is 4.39 Å². The summed E-state index contributed by atoms with van der Waals surface area (Å²) < 4.78 is 35.8. The number of hydrogen-bond acceptors (Lipinski definition) is 8. The van der Waals surface area contributed by atoms with Crippen LogP contribution in [0.1, 0.15) is 16.1 Å². The minimum atomic E-state index is -0.760. The molecule has 0 atom stereocenters. The van der Waals surface area contributed by atoms with E-state index in [0.717, 1.165) is 43.6 Å². The maximum absolute atomic E-state index is 15.3. The van der Waals surface area contributed by atoms with Crippen molar-refractivity contribution in [1.82, 2.24) is 19.4 Å². The second-order valence-corrected chi connectivity index (χ2v) is 11.0. The van der Waals surface area contributed by atoms with Gasteiger partial charge in [-0.25, -0.2) is 13.8 Å². The number of anilines is 2. The summed E-state index contributed by atoms with van der Waals surface area (Å²) in [5.41, 5.74) is 1.66. The lowest BCUT2D eigenvalue weighted by Gasteiger charge is -2.33. The number of halogens is 2. The number of nitrogens with one attached hydrogen (secondary N) is 2. The van der Waals surface area contributed by atoms with E-state index in [4.69, 9.17) is 10.1 Å². The summed E-state index contributed by atoms with van der Waals surface area (Å²) in [6.07, 6.45) is 6.27. The Morgan fingerprint density at radius 2 is 1.70 bits per heavy atom. The predicted molar refractivity (Wildman–Crippen MR) is 176 cm³/mol. The van der Waals surface area contributed by atoms with E-state index in [2.05, 4.69) is 32.1 Å². The molecule has 0 spiro atoms. The van der Waals surface area contributed by atoms with Gasteiger partial charge in [0, 0.05) is 86.0 Å². The zero-order valence-electron chi connectivity index (χ0n) is 25.5. The highest BCUT2D eigenvalue weighted by Crippen LogP contribution is 2.32. The van der Waals surface area contributed by atoms with Crippen LogP contribution in [0, 0.1) is 17.0 Å². The van der Waals surface area contributed by atoms with Crippen molar-refractivity contribution in [2.45, 2.75) is 6.42 Å². The van der Waals surface area contributed by atoms with Gasteiger partial charge in [-0.3, -0.25) is 19.1 Å². The normalized spacial score (nSPS) is 13.3. The number of benzene rings is 2. The summed E-state index contributed by atoms with van der Waals surface area (Å²) in [6, 6.07) is 17.7. The molecule has 1 fully saturated rings. The van der Waals surface area contributed by atoms with Gasteiger partial charge in [-0.2, -0.15) is 0 Å². The Morgan fingerprint density at radius 1 is 0.936 bits per heavy atom. The van der Waals surface area contributed by atoms with E-state index in [1.165, 1.54) is 65.5 Å². The van der Waals surface area contributed by atoms with E-state index < -0.39 is 23.1 Å². The van der Waals surface area contributed by atoms with Crippen molar-refractivity contribution in [3.05, 3.63) is 125 Å². The minimum Gasteiger partial charge on any atom is -0.452 e. The van der Waals surface area contributed by atoms with Crippen molar-refractivity contribution in [3.63, 3.8) is 0 Å². The summed E-state index contributed by atoms with van der Waals surface area (Å²) in [4.78, 5) is 39.6. The highest BCUT2D eigenvalue weighted by atomic mass is 19.1. The van der Waals surface area contributed by atoms with Crippen LogP contribution in [0.25, 0.3) is 16.8 Å². The van der Waals surface area contributed by atoms with Crippen molar-refractivity contribution in [2.24, 2.45) is 0 Å². The van der Waals surface area contributed by atoms with Gasteiger partial charge in [-0.05, 0) is 73.8 Å². The number of nitrogens with zero attached hydrogens (tertiary/aromatic N) is 5. The first-order valence-electron chi connectivity index (χ1n) is 14.9. The molecule has 0 aliphatic carbocycles. The SMILES string of the molecule is CN1CCN(c2ccc(-c3cnc(CC=N)c(Oc4ccc(NC(=O)c5cccn(-c6ccc(F)cc6)c5=O)cc4F)c3)cn2)CC1. The molecule has 2 N–H and O–H groups in total. The zero-order valence-corrected chi connectivity index (χ0v) is 25.5. The molecule has 0 unspecified atom stereocenters. The van der Waals surface area contributed by atoms with Crippen LogP contribution in [0.4, 0.5) is 20.3 Å². The molecule has 1 aliphatic rings. The molecule has 6 rings (SSSR count). The molecule has 238 valence electrons. The molecule has 4 heterocycles. The summed E-state index contributed by atoms with van der Waals surface area (Å²) in [5.74, 6) is -0.901. The molecule has 0 bridgehead atoms. The second kappa shape index (κ2) is 13.7. The van der Waals surface area contributed by atoms with Gasteiger partial charge in [-0.15, -0.1) is 0 Å². The third kappa shape index (κ3) is 7.07. The van der Waals surface area contributed by atoms with Gasteiger partial charge in [0.05, 0.1) is 5.69 Å². The Kier molecular flexibility index (Phi) is 9.11. The Morgan fingerprint density at radius 3 is 2.40 bits per heavy atom. The van der Waals surface area contributed by atoms with Crippen LogP contribution in [-0.4, -0.2) is 64.8 Å². The Balaban J connectivity index is 1.19. The largest absolute Gasteiger partial charge is 0.452 e. The number of pyridine rings is 3. The molecular weight excluding hydrogens is 604 g/mol. The number of carbonyl (C=O) groups is 1. The third-order valence-electron chi connectivity index (χ3n) is 7.84. The zero-order chi connectivity index (χ0) is 32.9. The first kappa shape index (κ1) is 31.2. The van der Waals surface area contributed by atoms with Crippen molar-refractivity contribution in [1.29, 1.82) is 5.41 Å². The monoisotopic (exact) mass is 635 g/mol. The number of rotatable bonds is 9. The van der Waals surface area contributed by atoms with Gasteiger partial charge in [0.1, 0.15) is 22.9 Å². The molecule has 10 nitrogen and oxygen atoms in total. The number of amides is 1. The number of hydrogen-bond donors (Lipinski definition) is 2. The van der Waals surface area contributed by atoms with E-state index in [1.54, 1.807) is 18.5 Å². The third-order valence-corrected chi connectivity index (χ3v) is 7.84. The average Bonchev–Trinajstić information content (AvgIpc) is 3.08. The fourth-order valence-corrected chi connectivity index (χ4v) is 5.20. The smallest absolute Gasteiger partial charge is 0.267 e. The molecule has 5 aromatic rings. The van der Waals surface area contributed by atoms with Gasteiger partial charge in [0.15, 0.2) is 11.6 Å².